The number of nitrogens with zero attached hydrogens (tertiary/aromatic N) is 3. The van der Waals surface area contributed by atoms with E-state index in [9.17, 15) is 14.7 Å². The van der Waals surface area contributed by atoms with Crippen molar-refractivity contribution >= 4 is 33.4 Å². The third-order valence-electron chi connectivity index (χ3n) is 8.41. The minimum Gasteiger partial charge on any atom is -0.481 e. The Bertz CT molecular complexity index is 1050. The molecule has 9 heteroatoms. The van der Waals surface area contributed by atoms with Crippen molar-refractivity contribution in [1.82, 2.24) is 20.0 Å². The average molecular weight is 503 g/mol. The number of amides is 1. The predicted molar refractivity (Wildman–Crippen MR) is 136 cm³/mol. The number of ether oxygens (including phenoxy) is 1. The highest BCUT2D eigenvalue weighted by atomic mass is 32.1. The topological polar surface area (TPSA) is 96.7 Å². The lowest BCUT2D eigenvalue weighted by atomic mass is 9.84. The number of carboxylic acids is 1. The van der Waals surface area contributed by atoms with E-state index in [0.29, 0.717) is 18.1 Å². The maximum atomic E-state index is 13.1. The fourth-order valence-corrected chi connectivity index (χ4v) is 7.48. The molecule has 0 aromatic carbocycles. The Hall–Kier alpha value is -1.97. The molecule has 2 aliphatic heterocycles. The van der Waals surface area contributed by atoms with Gasteiger partial charge in [-0.3, -0.25) is 19.2 Å². The normalized spacial score (nSPS) is 28.9. The van der Waals surface area contributed by atoms with Crippen LogP contribution in [0.5, 0.6) is 0 Å². The number of hydrogen-bond donors (Lipinski definition) is 2. The van der Waals surface area contributed by atoms with Gasteiger partial charge in [-0.15, -0.1) is 11.3 Å². The number of carbonyl (C=O) groups is 2. The average Bonchev–Trinajstić information content (AvgIpc) is 3.45. The molecule has 3 aliphatic rings. The predicted octanol–water partition coefficient (Wildman–Crippen LogP) is 4.37. The Morgan fingerprint density at radius 2 is 1.89 bits per heavy atom. The summed E-state index contributed by atoms with van der Waals surface area (Å²) in [6.45, 7) is 6.60. The number of fused-ring (bicyclic) bond motifs is 1. The first-order valence-electron chi connectivity index (χ1n) is 13.3. The molecular weight excluding hydrogens is 464 g/mol. The Kier molecular flexibility index (Phi) is 7.46. The van der Waals surface area contributed by atoms with Crippen molar-refractivity contribution in [2.24, 2.45) is 5.92 Å². The van der Waals surface area contributed by atoms with Crippen LogP contribution in [0.2, 0.25) is 0 Å². The first kappa shape index (κ1) is 24.7. The lowest BCUT2D eigenvalue weighted by Crippen LogP contribution is -2.51. The van der Waals surface area contributed by atoms with Gasteiger partial charge >= 0.3 is 5.97 Å². The molecule has 8 nitrogen and oxygen atoms in total. The van der Waals surface area contributed by atoms with Crippen LogP contribution in [0, 0.1) is 12.8 Å². The molecular formula is C26H38N4O4S. The minimum atomic E-state index is -0.647. The van der Waals surface area contributed by atoms with Gasteiger partial charge in [-0.2, -0.15) is 5.10 Å². The van der Waals surface area contributed by atoms with E-state index in [4.69, 9.17) is 9.84 Å². The largest absolute Gasteiger partial charge is 0.481 e. The van der Waals surface area contributed by atoms with Crippen LogP contribution in [0.4, 0.5) is 0 Å². The summed E-state index contributed by atoms with van der Waals surface area (Å²) in [6, 6.07) is 3.42. The number of aryl methyl sites for hydroxylation is 1. The Morgan fingerprint density at radius 3 is 2.57 bits per heavy atom. The van der Waals surface area contributed by atoms with Crippen LogP contribution in [0.1, 0.15) is 86.1 Å². The van der Waals surface area contributed by atoms with Gasteiger partial charge in [0.1, 0.15) is 4.83 Å². The molecule has 1 saturated carbocycles. The monoisotopic (exact) mass is 502 g/mol. The Labute approximate surface area is 211 Å². The van der Waals surface area contributed by atoms with Gasteiger partial charge in [-0.25, -0.2) is 0 Å². The van der Waals surface area contributed by atoms with E-state index >= 15 is 0 Å². The van der Waals surface area contributed by atoms with E-state index in [1.807, 2.05) is 13.0 Å². The van der Waals surface area contributed by atoms with Crippen LogP contribution in [0.3, 0.4) is 0 Å². The van der Waals surface area contributed by atoms with Crippen molar-refractivity contribution in [3.63, 3.8) is 0 Å². The molecule has 0 spiro atoms. The molecule has 2 unspecified atom stereocenters. The highest BCUT2D eigenvalue weighted by Crippen LogP contribution is 2.35. The van der Waals surface area contributed by atoms with E-state index in [1.165, 1.54) is 0 Å². The van der Waals surface area contributed by atoms with E-state index in [-0.39, 0.29) is 17.9 Å². The Balaban J connectivity index is 1.18. The van der Waals surface area contributed by atoms with Crippen molar-refractivity contribution in [1.29, 1.82) is 0 Å². The van der Waals surface area contributed by atoms with Gasteiger partial charge in [-0.05, 0) is 77.3 Å². The molecule has 2 N–H and O–H groups in total. The summed E-state index contributed by atoms with van der Waals surface area (Å²) in [4.78, 5) is 29.0. The van der Waals surface area contributed by atoms with Crippen molar-refractivity contribution in [3.05, 3.63) is 16.6 Å². The summed E-state index contributed by atoms with van der Waals surface area (Å²) >= 11 is 1.56. The van der Waals surface area contributed by atoms with Gasteiger partial charge in [0.25, 0.3) is 5.91 Å². The zero-order valence-electron chi connectivity index (χ0n) is 20.9. The van der Waals surface area contributed by atoms with Crippen LogP contribution in [0.25, 0.3) is 10.2 Å². The zero-order valence-corrected chi connectivity index (χ0v) is 21.7. The van der Waals surface area contributed by atoms with Crippen LogP contribution in [-0.2, 0) is 9.53 Å². The summed E-state index contributed by atoms with van der Waals surface area (Å²) in [5.74, 6) is -0.817. The maximum Gasteiger partial charge on any atom is 0.306 e. The summed E-state index contributed by atoms with van der Waals surface area (Å²) < 4.78 is 7.63. The number of carbonyl (C=O) groups excluding carboxylic acids is 1. The molecule has 4 heterocycles. The van der Waals surface area contributed by atoms with Crippen LogP contribution < -0.4 is 5.32 Å². The summed E-state index contributed by atoms with van der Waals surface area (Å²) in [7, 11) is 0. The van der Waals surface area contributed by atoms with Crippen LogP contribution in [0.15, 0.2) is 6.07 Å². The van der Waals surface area contributed by atoms with Gasteiger partial charge in [0.2, 0.25) is 0 Å². The molecule has 2 aromatic heterocycles. The minimum absolute atomic E-state index is 0.0290. The maximum absolute atomic E-state index is 13.1. The van der Waals surface area contributed by atoms with Crippen molar-refractivity contribution < 1.29 is 19.4 Å². The zero-order chi connectivity index (χ0) is 24.5. The molecule has 5 rings (SSSR count). The van der Waals surface area contributed by atoms with E-state index < -0.39 is 5.97 Å². The number of piperidine rings is 1. The number of hydrogen-bond acceptors (Lipinski definition) is 6. The lowest BCUT2D eigenvalue weighted by Gasteiger charge is -2.45. The molecule has 192 valence electrons. The molecule has 2 atom stereocenters. The highest BCUT2D eigenvalue weighted by Gasteiger charge is 2.36. The standard InChI is InChI=1S/C26H38N4O4S/c1-3-19-14-17(26(32)33)8-11-29(19)20-6-4-18(5-7-20)27-24(31)23-15-22-16(2)28-30(25(22)35-23)21-9-12-34-13-10-21/h15,17-21H,3-14H2,1-2H3,(H,27,31)(H,32,33)/t17?,18-,19?,20-. The van der Waals surface area contributed by atoms with E-state index in [2.05, 4.69) is 21.8 Å². The van der Waals surface area contributed by atoms with Gasteiger partial charge in [-0.1, -0.05) is 6.92 Å². The molecule has 2 aromatic rings. The van der Waals surface area contributed by atoms with E-state index in [1.54, 1.807) is 11.3 Å². The van der Waals surface area contributed by atoms with Crippen molar-refractivity contribution in [2.45, 2.75) is 95.8 Å². The molecule has 1 aliphatic carbocycles. The summed E-state index contributed by atoms with van der Waals surface area (Å²) in [5.41, 5.74) is 0.986. The third kappa shape index (κ3) is 5.13. The van der Waals surface area contributed by atoms with Gasteiger partial charge < -0.3 is 15.2 Å². The van der Waals surface area contributed by atoms with Crippen molar-refractivity contribution in [3.8, 4) is 0 Å². The number of nitrogens with one attached hydrogen (secondary N) is 1. The van der Waals surface area contributed by atoms with Gasteiger partial charge in [0.15, 0.2) is 0 Å². The number of aliphatic carboxylic acids is 1. The second kappa shape index (κ2) is 10.6. The third-order valence-corrected chi connectivity index (χ3v) is 9.53. The molecule has 0 bridgehead atoms. The second-order valence-corrected chi connectivity index (χ2v) is 11.6. The molecule has 35 heavy (non-hydrogen) atoms. The van der Waals surface area contributed by atoms with Crippen LogP contribution >= 0.6 is 11.3 Å². The molecule has 3 fully saturated rings. The Morgan fingerprint density at radius 1 is 1.14 bits per heavy atom. The summed E-state index contributed by atoms with van der Waals surface area (Å²) in [6.07, 6.45) is 8.51. The first-order chi connectivity index (χ1) is 16.9. The molecule has 0 radical (unpaired) electrons. The summed E-state index contributed by atoms with van der Waals surface area (Å²) in [5, 5.41) is 18.6. The smallest absolute Gasteiger partial charge is 0.306 e. The number of rotatable bonds is 6. The quantitative estimate of drug-likeness (QED) is 0.609. The number of likely N-dealkylation sites (tertiary alicyclic amines) is 1. The van der Waals surface area contributed by atoms with Gasteiger partial charge in [0, 0.05) is 36.7 Å². The molecule has 2 saturated heterocycles. The fraction of sp³-hybridized carbons (Fsp3) is 0.731. The second-order valence-electron chi connectivity index (χ2n) is 10.5. The number of thiophene rings is 1. The SMILES string of the molecule is CCC1CC(C(=O)O)CCN1[C@H]1CC[C@H](NC(=O)c2cc3c(C)nn(C4CCOCC4)c3s2)CC1. The first-order valence-corrected chi connectivity index (χ1v) is 14.1. The molecule has 1 amide bonds. The number of carboxylic acid groups (broad SMARTS) is 1. The van der Waals surface area contributed by atoms with E-state index in [0.717, 1.165) is 98.3 Å². The number of aromatic nitrogens is 2. The highest BCUT2D eigenvalue weighted by molar-refractivity contribution is 7.20. The fourth-order valence-electron chi connectivity index (χ4n) is 6.34. The van der Waals surface area contributed by atoms with Crippen LogP contribution in [-0.4, -0.2) is 69.5 Å². The van der Waals surface area contributed by atoms with Crippen molar-refractivity contribution in [2.75, 3.05) is 19.8 Å². The lowest BCUT2D eigenvalue weighted by molar-refractivity contribution is -0.144. The van der Waals surface area contributed by atoms with Gasteiger partial charge in [0.05, 0.1) is 22.5 Å².